The highest BCUT2D eigenvalue weighted by Crippen LogP contribution is 2.38. The summed E-state index contributed by atoms with van der Waals surface area (Å²) in [5.74, 6) is -0.283. The fourth-order valence-electron chi connectivity index (χ4n) is 5.74. The Morgan fingerprint density at radius 1 is 1.02 bits per heavy atom. The number of hydrogen-bond donors (Lipinski definition) is 1. The minimum atomic E-state index is -3.64. The number of rotatable bonds is 7. The summed E-state index contributed by atoms with van der Waals surface area (Å²) in [6, 6.07) is 16.2. The van der Waals surface area contributed by atoms with Crippen molar-refractivity contribution >= 4 is 50.6 Å². The minimum absolute atomic E-state index is 0. The van der Waals surface area contributed by atoms with Crippen molar-refractivity contribution in [2.24, 2.45) is 11.8 Å². The number of piperidine rings is 1. The second-order valence-corrected chi connectivity index (χ2v) is 13.9. The molecule has 2 atom stereocenters. The van der Waals surface area contributed by atoms with E-state index in [0.29, 0.717) is 54.0 Å². The standard InChI is InChI=1S/C30H35N3O5S2.ClH/c1-20-15-21(2)17-33(16-20)40(36,37)24-11-9-23(10-12-24)28(34)31-29-27(30(35)38-3)25-13-14-32(19-26(25)39-29)18-22-7-5-4-6-8-22;/h4-12,20-21H,13-19H2,1-3H3,(H,31,34);1H. The molecule has 1 N–H and O–H groups in total. The first kappa shape index (κ1) is 31.2. The van der Waals surface area contributed by atoms with Crippen LogP contribution in [0.2, 0.25) is 0 Å². The molecule has 220 valence electrons. The van der Waals surface area contributed by atoms with Crippen LogP contribution in [0.15, 0.2) is 59.5 Å². The lowest BCUT2D eigenvalue weighted by atomic mass is 9.94. The number of carbonyl (C=O) groups excluding carboxylic acids is 2. The number of methoxy groups -OCH3 is 1. The van der Waals surface area contributed by atoms with Crippen LogP contribution >= 0.6 is 23.7 Å². The molecule has 0 aliphatic carbocycles. The number of fused-ring (bicyclic) bond motifs is 1. The topological polar surface area (TPSA) is 96.0 Å². The molecule has 3 heterocycles. The van der Waals surface area contributed by atoms with Gasteiger partial charge in [0.15, 0.2) is 0 Å². The number of carbonyl (C=O) groups is 2. The highest BCUT2D eigenvalue weighted by Gasteiger charge is 2.32. The van der Waals surface area contributed by atoms with E-state index in [-0.39, 0.29) is 17.3 Å². The molecule has 8 nitrogen and oxygen atoms in total. The van der Waals surface area contributed by atoms with Crippen molar-refractivity contribution in [3.05, 3.63) is 81.7 Å². The Morgan fingerprint density at radius 2 is 1.68 bits per heavy atom. The van der Waals surface area contributed by atoms with Crippen LogP contribution in [-0.2, 0) is 34.3 Å². The van der Waals surface area contributed by atoms with Crippen LogP contribution < -0.4 is 5.32 Å². The van der Waals surface area contributed by atoms with Crippen molar-refractivity contribution in [2.75, 3.05) is 32.1 Å². The van der Waals surface area contributed by atoms with Crippen molar-refractivity contribution in [3.8, 4) is 0 Å². The van der Waals surface area contributed by atoms with Gasteiger partial charge in [-0.3, -0.25) is 9.69 Å². The number of anilines is 1. The predicted octanol–water partition coefficient (Wildman–Crippen LogP) is 5.43. The molecule has 0 bridgehead atoms. The summed E-state index contributed by atoms with van der Waals surface area (Å²) in [7, 11) is -2.30. The molecule has 0 radical (unpaired) electrons. The largest absolute Gasteiger partial charge is 0.465 e. The fourth-order valence-corrected chi connectivity index (χ4v) is 8.70. The predicted molar refractivity (Wildman–Crippen MR) is 163 cm³/mol. The molecule has 2 aliphatic heterocycles. The average Bonchev–Trinajstić information content (AvgIpc) is 3.29. The molecule has 11 heteroatoms. The maximum atomic E-state index is 13.2. The number of esters is 1. The lowest BCUT2D eigenvalue weighted by Gasteiger charge is -2.34. The van der Waals surface area contributed by atoms with Crippen LogP contribution in [0.5, 0.6) is 0 Å². The SMILES string of the molecule is COC(=O)c1c(NC(=O)c2ccc(S(=O)(=O)N3CC(C)CC(C)C3)cc2)sc2c1CCN(Cc1ccccc1)C2.Cl. The number of sulfonamides is 1. The summed E-state index contributed by atoms with van der Waals surface area (Å²) in [6.07, 6.45) is 1.69. The lowest BCUT2D eigenvalue weighted by Crippen LogP contribution is -2.42. The van der Waals surface area contributed by atoms with Gasteiger partial charge in [0, 0.05) is 43.2 Å². The van der Waals surface area contributed by atoms with Crippen molar-refractivity contribution in [3.63, 3.8) is 0 Å². The monoisotopic (exact) mass is 617 g/mol. The van der Waals surface area contributed by atoms with Gasteiger partial charge >= 0.3 is 5.97 Å². The van der Waals surface area contributed by atoms with E-state index in [1.165, 1.54) is 48.3 Å². The molecule has 2 aliphatic rings. The van der Waals surface area contributed by atoms with Crippen LogP contribution in [-0.4, -0.2) is 56.2 Å². The van der Waals surface area contributed by atoms with Crippen LogP contribution in [0.25, 0.3) is 0 Å². The molecule has 1 aromatic heterocycles. The van der Waals surface area contributed by atoms with E-state index < -0.39 is 21.9 Å². The van der Waals surface area contributed by atoms with E-state index >= 15 is 0 Å². The molecule has 2 unspecified atom stereocenters. The smallest absolute Gasteiger partial charge is 0.341 e. The number of hydrogen-bond acceptors (Lipinski definition) is 7. The highest BCUT2D eigenvalue weighted by molar-refractivity contribution is 7.89. The molecule has 3 aromatic rings. The summed E-state index contributed by atoms with van der Waals surface area (Å²) in [5.41, 5.74) is 2.86. The van der Waals surface area contributed by atoms with E-state index in [1.807, 2.05) is 18.2 Å². The van der Waals surface area contributed by atoms with Crippen molar-refractivity contribution in [1.29, 1.82) is 0 Å². The van der Waals surface area contributed by atoms with Gasteiger partial charge in [-0.2, -0.15) is 4.31 Å². The molecular weight excluding hydrogens is 582 g/mol. The molecule has 41 heavy (non-hydrogen) atoms. The van der Waals surface area contributed by atoms with Gasteiger partial charge in [-0.1, -0.05) is 44.2 Å². The molecule has 1 saturated heterocycles. The molecule has 1 amide bonds. The van der Waals surface area contributed by atoms with Gasteiger partial charge in [0.1, 0.15) is 5.00 Å². The second kappa shape index (κ2) is 13.0. The Labute approximate surface area is 252 Å². The van der Waals surface area contributed by atoms with Crippen LogP contribution in [0, 0.1) is 11.8 Å². The molecule has 0 saturated carbocycles. The maximum absolute atomic E-state index is 13.2. The normalized spacial score (nSPS) is 19.6. The average molecular weight is 618 g/mol. The first-order valence-corrected chi connectivity index (χ1v) is 15.8. The van der Waals surface area contributed by atoms with E-state index in [4.69, 9.17) is 4.74 Å². The molecule has 0 spiro atoms. The number of amides is 1. The number of halogens is 1. The van der Waals surface area contributed by atoms with Gasteiger partial charge in [-0.05, 0) is 60.1 Å². The van der Waals surface area contributed by atoms with Crippen molar-refractivity contribution in [2.45, 2.75) is 44.7 Å². The quantitative estimate of drug-likeness (QED) is 0.355. The zero-order valence-electron chi connectivity index (χ0n) is 23.5. The summed E-state index contributed by atoms with van der Waals surface area (Å²) in [6.45, 7) is 7.40. The summed E-state index contributed by atoms with van der Waals surface area (Å²) in [5, 5.41) is 3.35. The summed E-state index contributed by atoms with van der Waals surface area (Å²) >= 11 is 1.39. The van der Waals surface area contributed by atoms with Gasteiger partial charge in [-0.15, -0.1) is 23.7 Å². The first-order chi connectivity index (χ1) is 19.2. The van der Waals surface area contributed by atoms with Gasteiger partial charge in [0.25, 0.3) is 5.91 Å². The van der Waals surface area contributed by atoms with Gasteiger partial charge in [0.2, 0.25) is 10.0 Å². The second-order valence-electron chi connectivity index (χ2n) is 10.9. The van der Waals surface area contributed by atoms with Crippen LogP contribution in [0.1, 0.15) is 57.0 Å². The third-order valence-electron chi connectivity index (χ3n) is 7.59. The highest BCUT2D eigenvalue weighted by atomic mass is 35.5. The number of nitrogens with one attached hydrogen (secondary N) is 1. The molecular formula is C30H36ClN3O5S2. The summed E-state index contributed by atoms with van der Waals surface area (Å²) < 4.78 is 33.1. The number of nitrogens with zero attached hydrogens (tertiary/aromatic N) is 2. The molecule has 2 aromatic carbocycles. The number of thiophene rings is 1. The minimum Gasteiger partial charge on any atom is -0.465 e. The Morgan fingerprint density at radius 3 is 2.32 bits per heavy atom. The van der Waals surface area contributed by atoms with E-state index in [1.54, 1.807) is 4.31 Å². The third-order valence-corrected chi connectivity index (χ3v) is 10.6. The zero-order chi connectivity index (χ0) is 28.4. The van der Waals surface area contributed by atoms with Crippen molar-refractivity contribution < 1.29 is 22.7 Å². The Hall–Kier alpha value is -2.76. The molecule has 5 rings (SSSR count). The number of ether oxygens (including phenoxy) is 1. The molecule has 1 fully saturated rings. The van der Waals surface area contributed by atoms with Gasteiger partial charge in [0.05, 0.1) is 17.6 Å². The fraction of sp³-hybridized carbons (Fsp3) is 0.400. The zero-order valence-corrected chi connectivity index (χ0v) is 25.9. The Balaban J connectivity index is 0.00000387. The Kier molecular flexibility index (Phi) is 9.92. The summed E-state index contributed by atoms with van der Waals surface area (Å²) in [4.78, 5) is 29.5. The maximum Gasteiger partial charge on any atom is 0.341 e. The third kappa shape index (κ3) is 6.84. The van der Waals surface area contributed by atoms with E-state index in [9.17, 15) is 18.0 Å². The van der Waals surface area contributed by atoms with E-state index in [0.717, 1.165) is 30.0 Å². The Bertz CT molecular complexity index is 1480. The van der Waals surface area contributed by atoms with Gasteiger partial charge < -0.3 is 10.1 Å². The lowest BCUT2D eigenvalue weighted by molar-refractivity contribution is 0.0600. The van der Waals surface area contributed by atoms with Crippen LogP contribution in [0.3, 0.4) is 0 Å². The van der Waals surface area contributed by atoms with Crippen LogP contribution in [0.4, 0.5) is 5.00 Å². The number of benzene rings is 2. The first-order valence-electron chi connectivity index (χ1n) is 13.6. The van der Waals surface area contributed by atoms with Gasteiger partial charge in [-0.25, -0.2) is 13.2 Å². The van der Waals surface area contributed by atoms with E-state index in [2.05, 4.69) is 36.2 Å². The van der Waals surface area contributed by atoms with Crippen molar-refractivity contribution in [1.82, 2.24) is 9.21 Å².